The Hall–Kier alpha value is -2.68. The monoisotopic (exact) mass is 406 g/mol. The number of aryl methyl sites for hydroxylation is 1. The first-order valence-electron chi connectivity index (χ1n) is 8.90. The summed E-state index contributed by atoms with van der Waals surface area (Å²) in [5.74, 6) is -4.15. The number of halogens is 3. The van der Waals surface area contributed by atoms with Crippen LogP contribution in [-0.4, -0.2) is 29.0 Å². The third-order valence-electron chi connectivity index (χ3n) is 4.77. The average Bonchev–Trinajstić information content (AvgIpc) is 3.02. The second kappa shape index (κ2) is 7.38. The van der Waals surface area contributed by atoms with Crippen molar-refractivity contribution >= 4 is 39.0 Å². The number of carbonyl (C=O) groups excluding carboxylic acids is 1. The maximum Gasteiger partial charge on any atom is 0.257 e. The SMILES string of the molecule is Cc1sc2ncnc(N3CCCCC3)c2c1C(=O)Nc1cc(F)c(F)c(F)c1. The standard InChI is InChI=1S/C19H17F3N4OS/c1-10-14(18(27)25-11-7-12(20)16(22)13(21)8-11)15-17(23-9-24-19(15)28-10)26-5-3-2-4-6-26/h7-9H,2-6H2,1H3,(H,25,27). The Kier molecular flexibility index (Phi) is 4.92. The van der Waals surface area contributed by atoms with Crippen LogP contribution in [0.25, 0.3) is 10.2 Å². The zero-order chi connectivity index (χ0) is 19.8. The molecule has 3 heterocycles. The van der Waals surface area contributed by atoms with Gasteiger partial charge in [0.2, 0.25) is 0 Å². The molecular weight excluding hydrogens is 389 g/mol. The summed E-state index contributed by atoms with van der Waals surface area (Å²) in [6.45, 7) is 3.47. The van der Waals surface area contributed by atoms with Crippen LogP contribution in [0.5, 0.6) is 0 Å². The van der Waals surface area contributed by atoms with E-state index in [1.807, 2.05) is 0 Å². The largest absolute Gasteiger partial charge is 0.356 e. The number of aromatic nitrogens is 2. The summed E-state index contributed by atoms with van der Waals surface area (Å²) in [6.07, 6.45) is 4.73. The number of benzene rings is 1. The summed E-state index contributed by atoms with van der Waals surface area (Å²) in [4.78, 5) is 25.1. The molecule has 28 heavy (non-hydrogen) atoms. The van der Waals surface area contributed by atoms with Crippen molar-refractivity contribution < 1.29 is 18.0 Å². The predicted molar refractivity (Wildman–Crippen MR) is 102 cm³/mol. The molecule has 1 aromatic carbocycles. The molecule has 0 bridgehead atoms. The molecule has 0 spiro atoms. The van der Waals surface area contributed by atoms with Gasteiger partial charge >= 0.3 is 0 Å². The molecule has 0 aliphatic carbocycles. The van der Waals surface area contributed by atoms with Crippen LogP contribution >= 0.6 is 11.3 Å². The van der Waals surface area contributed by atoms with E-state index >= 15 is 0 Å². The molecular formula is C19H17F3N4OS. The third-order valence-corrected chi connectivity index (χ3v) is 5.78. The number of hydrogen-bond acceptors (Lipinski definition) is 5. The van der Waals surface area contributed by atoms with Gasteiger partial charge in [-0.1, -0.05) is 0 Å². The molecule has 1 N–H and O–H groups in total. The molecule has 2 aromatic heterocycles. The number of nitrogens with zero attached hydrogens (tertiary/aromatic N) is 3. The van der Waals surface area contributed by atoms with Crippen LogP contribution in [0.15, 0.2) is 18.5 Å². The summed E-state index contributed by atoms with van der Waals surface area (Å²) in [7, 11) is 0. The van der Waals surface area contributed by atoms with Gasteiger partial charge < -0.3 is 10.2 Å². The lowest BCUT2D eigenvalue weighted by molar-refractivity contribution is 0.102. The molecule has 146 valence electrons. The normalized spacial score (nSPS) is 14.5. The van der Waals surface area contributed by atoms with Gasteiger partial charge in [-0.3, -0.25) is 4.79 Å². The van der Waals surface area contributed by atoms with Crippen molar-refractivity contribution in [1.82, 2.24) is 9.97 Å². The highest BCUT2D eigenvalue weighted by Gasteiger charge is 2.25. The molecule has 3 aromatic rings. The second-order valence-corrected chi connectivity index (χ2v) is 7.87. The molecule has 1 saturated heterocycles. The van der Waals surface area contributed by atoms with Crippen molar-refractivity contribution in [2.45, 2.75) is 26.2 Å². The molecule has 0 unspecified atom stereocenters. The van der Waals surface area contributed by atoms with Crippen LogP contribution < -0.4 is 10.2 Å². The van der Waals surface area contributed by atoms with Crippen molar-refractivity contribution in [3.63, 3.8) is 0 Å². The van der Waals surface area contributed by atoms with Gasteiger partial charge in [0.05, 0.1) is 10.9 Å². The van der Waals surface area contributed by atoms with Crippen LogP contribution in [0.2, 0.25) is 0 Å². The van der Waals surface area contributed by atoms with Crippen molar-refractivity contribution in [3.8, 4) is 0 Å². The van der Waals surface area contributed by atoms with E-state index in [4.69, 9.17) is 0 Å². The number of rotatable bonds is 3. The van der Waals surface area contributed by atoms with Crippen molar-refractivity contribution in [1.29, 1.82) is 0 Å². The number of fused-ring (bicyclic) bond motifs is 1. The summed E-state index contributed by atoms with van der Waals surface area (Å²) in [6, 6.07) is 1.50. The number of anilines is 2. The first-order chi connectivity index (χ1) is 13.5. The number of hydrogen-bond donors (Lipinski definition) is 1. The first-order valence-corrected chi connectivity index (χ1v) is 9.72. The Labute approximate surface area is 163 Å². The minimum Gasteiger partial charge on any atom is -0.356 e. The molecule has 0 saturated carbocycles. The van der Waals surface area contributed by atoms with Gasteiger partial charge in [-0.15, -0.1) is 11.3 Å². The fourth-order valence-electron chi connectivity index (χ4n) is 3.47. The molecule has 5 nitrogen and oxygen atoms in total. The van der Waals surface area contributed by atoms with Gasteiger partial charge in [-0.2, -0.15) is 0 Å². The van der Waals surface area contributed by atoms with E-state index in [0.29, 0.717) is 26.5 Å². The minimum absolute atomic E-state index is 0.156. The maximum atomic E-state index is 13.5. The van der Waals surface area contributed by atoms with Gasteiger partial charge in [-0.25, -0.2) is 23.1 Å². The number of nitrogens with one attached hydrogen (secondary N) is 1. The smallest absolute Gasteiger partial charge is 0.257 e. The van der Waals surface area contributed by atoms with E-state index in [1.54, 1.807) is 6.92 Å². The Bertz CT molecular complexity index is 1040. The molecule has 1 aliphatic rings. The van der Waals surface area contributed by atoms with E-state index in [9.17, 15) is 18.0 Å². The van der Waals surface area contributed by atoms with Crippen LogP contribution in [0.1, 0.15) is 34.5 Å². The van der Waals surface area contributed by atoms with Gasteiger partial charge in [-0.05, 0) is 26.2 Å². The van der Waals surface area contributed by atoms with Crippen LogP contribution in [0.3, 0.4) is 0 Å². The predicted octanol–water partition coefficient (Wildman–Crippen LogP) is 4.66. The van der Waals surface area contributed by atoms with Gasteiger partial charge in [0, 0.05) is 35.8 Å². The first kappa shape index (κ1) is 18.7. The molecule has 1 amide bonds. The molecule has 1 aliphatic heterocycles. The number of carbonyl (C=O) groups is 1. The molecule has 0 atom stereocenters. The zero-order valence-electron chi connectivity index (χ0n) is 15.1. The number of thiophene rings is 1. The summed E-state index contributed by atoms with van der Waals surface area (Å²) >= 11 is 1.36. The second-order valence-electron chi connectivity index (χ2n) is 6.67. The Morgan fingerprint density at radius 1 is 1.11 bits per heavy atom. The fourth-order valence-corrected chi connectivity index (χ4v) is 4.45. The van der Waals surface area contributed by atoms with Crippen molar-refractivity contribution in [2.75, 3.05) is 23.3 Å². The third kappa shape index (κ3) is 3.30. The highest BCUT2D eigenvalue weighted by Crippen LogP contribution is 2.36. The van der Waals surface area contributed by atoms with Gasteiger partial charge in [0.1, 0.15) is 17.0 Å². The van der Waals surface area contributed by atoms with E-state index < -0.39 is 23.4 Å². The summed E-state index contributed by atoms with van der Waals surface area (Å²) in [5, 5.41) is 3.10. The molecule has 9 heteroatoms. The fraction of sp³-hybridized carbons (Fsp3) is 0.316. The molecule has 4 rings (SSSR count). The molecule has 0 radical (unpaired) electrons. The topological polar surface area (TPSA) is 58.1 Å². The summed E-state index contributed by atoms with van der Waals surface area (Å²) < 4.78 is 40.1. The van der Waals surface area contributed by atoms with Gasteiger partial charge in [0.15, 0.2) is 17.5 Å². The van der Waals surface area contributed by atoms with Crippen molar-refractivity contribution in [3.05, 3.63) is 46.4 Å². The van der Waals surface area contributed by atoms with E-state index in [1.165, 1.54) is 17.7 Å². The average molecular weight is 406 g/mol. The highest BCUT2D eigenvalue weighted by molar-refractivity contribution is 7.19. The van der Waals surface area contributed by atoms with E-state index in [2.05, 4.69) is 20.2 Å². The lowest BCUT2D eigenvalue weighted by Crippen LogP contribution is -2.30. The number of piperidine rings is 1. The zero-order valence-corrected chi connectivity index (χ0v) is 15.9. The van der Waals surface area contributed by atoms with Crippen molar-refractivity contribution in [2.24, 2.45) is 0 Å². The number of amides is 1. The van der Waals surface area contributed by atoms with Crippen LogP contribution in [0.4, 0.5) is 24.7 Å². The summed E-state index contributed by atoms with van der Waals surface area (Å²) in [5.41, 5.74) is 0.211. The Morgan fingerprint density at radius 2 is 1.79 bits per heavy atom. The van der Waals surface area contributed by atoms with E-state index in [-0.39, 0.29) is 5.69 Å². The maximum absolute atomic E-state index is 13.5. The quantitative estimate of drug-likeness (QED) is 0.643. The van der Waals surface area contributed by atoms with E-state index in [0.717, 1.165) is 44.5 Å². The lowest BCUT2D eigenvalue weighted by atomic mass is 10.1. The minimum atomic E-state index is -1.57. The van der Waals surface area contributed by atoms with Crippen LogP contribution in [0, 0.1) is 24.4 Å². The lowest BCUT2D eigenvalue weighted by Gasteiger charge is -2.28. The van der Waals surface area contributed by atoms with Crippen LogP contribution in [-0.2, 0) is 0 Å². The Balaban J connectivity index is 1.75. The molecule has 1 fully saturated rings. The van der Waals surface area contributed by atoms with Gasteiger partial charge in [0.25, 0.3) is 5.91 Å². The Morgan fingerprint density at radius 3 is 2.46 bits per heavy atom. The highest BCUT2D eigenvalue weighted by atomic mass is 32.1.